The molecule has 1 aliphatic rings. The average molecular weight is 287 g/mol. The summed E-state index contributed by atoms with van der Waals surface area (Å²) in [4.78, 5) is 18.5. The van der Waals surface area contributed by atoms with Crippen molar-refractivity contribution in [1.29, 1.82) is 0 Å². The van der Waals surface area contributed by atoms with E-state index in [1.54, 1.807) is 24.1 Å². The summed E-state index contributed by atoms with van der Waals surface area (Å²) in [5, 5.41) is 6.78. The van der Waals surface area contributed by atoms with Gasteiger partial charge in [-0.25, -0.2) is 4.98 Å². The van der Waals surface area contributed by atoms with Gasteiger partial charge in [0, 0.05) is 26.3 Å². The normalized spacial score (nSPS) is 15.0. The van der Waals surface area contributed by atoms with E-state index < -0.39 is 0 Å². The number of pyridine rings is 1. The molecule has 1 aliphatic heterocycles. The molecular formula is C14H17N5O2. The van der Waals surface area contributed by atoms with Crippen molar-refractivity contribution in [3.05, 3.63) is 36.3 Å². The summed E-state index contributed by atoms with van der Waals surface area (Å²) < 4.78 is 6.91. The lowest BCUT2D eigenvalue weighted by Crippen LogP contribution is -2.36. The summed E-state index contributed by atoms with van der Waals surface area (Å²) in [7, 11) is 1.77. The van der Waals surface area contributed by atoms with Crippen molar-refractivity contribution in [2.75, 3.05) is 36.5 Å². The van der Waals surface area contributed by atoms with E-state index in [0.29, 0.717) is 11.3 Å². The Hall–Kier alpha value is -2.41. The van der Waals surface area contributed by atoms with E-state index in [9.17, 15) is 4.79 Å². The largest absolute Gasteiger partial charge is 0.378 e. The molecule has 7 heteroatoms. The lowest BCUT2D eigenvalue weighted by Gasteiger charge is -2.27. The maximum Gasteiger partial charge on any atom is 0.258 e. The first-order valence-corrected chi connectivity index (χ1v) is 6.81. The third-order valence-electron chi connectivity index (χ3n) is 3.31. The zero-order chi connectivity index (χ0) is 14.7. The van der Waals surface area contributed by atoms with Crippen molar-refractivity contribution >= 4 is 17.4 Å². The summed E-state index contributed by atoms with van der Waals surface area (Å²) in [6, 6.07) is 3.76. The van der Waals surface area contributed by atoms with Gasteiger partial charge in [0.05, 0.1) is 36.9 Å². The Bertz CT molecular complexity index is 617. The van der Waals surface area contributed by atoms with Gasteiger partial charge in [-0.15, -0.1) is 0 Å². The fraction of sp³-hybridized carbons (Fsp3) is 0.357. The summed E-state index contributed by atoms with van der Waals surface area (Å²) >= 11 is 0. The minimum absolute atomic E-state index is 0.191. The van der Waals surface area contributed by atoms with Crippen LogP contribution < -0.4 is 10.2 Å². The SMILES string of the molecule is Cn1cc(C(=O)Nc2ccc(N3CCOCC3)nc2)cn1. The van der Waals surface area contributed by atoms with E-state index in [-0.39, 0.29) is 5.91 Å². The highest BCUT2D eigenvalue weighted by Crippen LogP contribution is 2.16. The molecule has 3 rings (SSSR count). The second-order valence-electron chi connectivity index (χ2n) is 4.86. The molecule has 2 aromatic heterocycles. The average Bonchev–Trinajstić information content (AvgIpc) is 2.96. The van der Waals surface area contributed by atoms with Gasteiger partial charge in [-0.2, -0.15) is 5.10 Å². The van der Waals surface area contributed by atoms with Crippen LogP contribution in [0.15, 0.2) is 30.7 Å². The third kappa shape index (κ3) is 3.19. The van der Waals surface area contributed by atoms with Gasteiger partial charge in [-0.1, -0.05) is 0 Å². The number of aryl methyl sites for hydroxylation is 1. The van der Waals surface area contributed by atoms with Gasteiger partial charge in [0.2, 0.25) is 0 Å². The van der Waals surface area contributed by atoms with E-state index in [2.05, 4.69) is 20.3 Å². The highest BCUT2D eigenvalue weighted by atomic mass is 16.5. The van der Waals surface area contributed by atoms with Crippen LogP contribution in [0.25, 0.3) is 0 Å². The molecule has 0 bridgehead atoms. The molecule has 7 nitrogen and oxygen atoms in total. The Morgan fingerprint density at radius 1 is 1.29 bits per heavy atom. The van der Waals surface area contributed by atoms with Gasteiger partial charge in [0.25, 0.3) is 5.91 Å². The maximum atomic E-state index is 12.0. The highest BCUT2D eigenvalue weighted by molar-refractivity contribution is 6.03. The zero-order valence-electron chi connectivity index (χ0n) is 11.8. The van der Waals surface area contributed by atoms with Crippen molar-refractivity contribution < 1.29 is 9.53 Å². The van der Waals surface area contributed by atoms with Crippen LogP contribution in [0.1, 0.15) is 10.4 Å². The number of ether oxygens (including phenoxy) is 1. The minimum atomic E-state index is -0.191. The lowest BCUT2D eigenvalue weighted by molar-refractivity contribution is 0.102. The molecule has 1 saturated heterocycles. The van der Waals surface area contributed by atoms with E-state index in [0.717, 1.165) is 32.1 Å². The summed E-state index contributed by atoms with van der Waals surface area (Å²) in [6.45, 7) is 3.13. The molecule has 0 saturated carbocycles. The Balaban J connectivity index is 1.65. The fourth-order valence-electron chi connectivity index (χ4n) is 2.18. The predicted octanol–water partition coefficient (Wildman–Crippen LogP) is 0.904. The maximum absolute atomic E-state index is 12.0. The van der Waals surface area contributed by atoms with Crippen molar-refractivity contribution in [1.82, 2.24) is 14.8 Å². The zero-order valence-corrected chi connectivity index (χ0v) is 11.8. The Morgan fingerprint density at radius 3 is 2.71 bits per heavy atom. The second-order valence-corrected chi connectivity index (χ2v) is 4.86. The number of carbonyl (C=O) groups excluding carboxylic acids is 1. The first-order chi connectivity index (χ1) is 10.2. The fourth-order valence-corrected chi connectivity index (χ4v) is 2.18. The molecule has 2 aromatic rings. The topological polar surface area (TPSA) is 72.3 Å². The number of amides is 1. The summed E-state index contributed by atoms with van der Waals surface area (Å²) in [5.41, 5.74) is 1.19. The Morgan fingerprint density at radius 2 is 2.10 bits per heavy atom. The van der Waals surface area contributed by atoms with Crippen molar-refractivity contribution in [2.24, 2.45) is 7.05 Å². The van der Waals surface area contributed by atoms with Crippen LogP contribution in [0.3, 0.4) is 0 Å². The van der Waals surface area contributed by atoms with E-state index >= 15 is 0 Å². The molecular weight excluding hydrogens is 270 g/mol. The predicted molar refractivity (Wildman–Crippen MR) is 78.4 cm³/mol. The number of morpholine rings is 1. The van der Waals surface area contributed by atoms with Crippen LogP contribution >= 0.6 is 0 Å². The van der Waals surface area contributed by atoms with Gasteiger partial charge in [-0.3, -0.25) is 9.48 Å². The van der Waals surface area contributed by atoms with Crippen LogP contribution in [0.5, 0.6) is 0 Å². The van der Waals surface area contributed by atoms with Gasteiger partial charge < -0.3 is 15.0 Å². The third-order valence-corrected chi connectivity index (χ3v) is 3.31. The van der Waals surface area contributed by atoms with Gasteiger partial charge in [0.15, 0.2) is 0 Å². The number of hydrogen-bond donors (Lipinski definition) is 1. The molecule has 0 aromatic carbocycles. The first-order valence-electron chi connectivity index (χ1n) is 6.81. The number of rotatable bonds is 3. The van der Waals surface area contributed by atoms with Crippen LogP contribution in [0.4, 0.5) is 11.5 Å². The molecule has 0 radical (unpaired) electrons. The molecule has 0 aliphatic carbocycles. The van der Waals surface area contributed by atoms with Crippen LogP contribution in [-0.2, 0) is 11.8 Å². The van der Waals surface area contributed by atoms with E-state index in [1.165, 1.54) is 6.20 Å². The van der Waals surface area contributed by atoms with Gasteiger partial charge in [0.1, 0.15) is 5.82 Å². The van der Waals surface area contributed by atoms with Crippen molar-refractivity contribution in [3.63, 3.8) is 0 Å². The molecule has 21 heavy (non-hydrogen) atoms. The van der Waals surface area contributed by atoms with Crippen molar-refractivity contribution in [2.45, 2.75) is 0 Å². The van der Waals surface area contributed by atoms with E-state index in [1.807, 2.05) is 12.1 Å². The van der Waals surface area contributed by atoms with Gasteiger partial charge in [-0.05, 0) is 12.1 Å². The quantitative estimate of drug-likeness (QED) is 0.908. The second kappa shape index (κ2) is 5.92. The standard InChI is InChI=1S/C14H17N5O2/c1-18-10-11(8-16-18)14(20)17-12-2-3-13(15-9-12)19-4-6-21-7-5-19/h2-3,8-10H,4-7H2,1H3,(H,17,20). The number of aromatic nitrogens is 3. The van der Waals surface area contributed by atoms with Crippen LogP contribution in [-0.4, -0.2) is 47.0 Å². The lowest BCUT2D eigenvalue weighted by atomic mass is 10.3. The molecule has 1 N–H and O–H groups in total. The molecule has 3 heterocycles. The molecule has 0 spiro atoms. The first kappa shape index (κ1) is 13.6. The molecule has 0 atom stereocenters. The highest BCUT2D eigenvalue weighted by Gasteiger charge is 2.13. The number of nitrogens with zero attached hydrogens (tertiary/aromatic N) is 4. The monoisotopic (exact) mass is 287 g/mol. The van der Waals surface area contributed by atoms with Gasteiger partial charge >= 0.3 is 0 Å². The minimum Gasteiger partial charge on any atom is -0.378 e. The molecule has 1 amide bonds. The number of nitrogens with one attached hydrogen (secondary N) is 1. The summed E-state index contributed by atoms with van der Waals surface area (Å²) in [6.07, 6.45) is 4.87. The number of carbonyl (C=O) groups is 1. The van der Waals surface area contributed by atoms with E-state index in [4.69, 9.17) is 4.74 Å². The number of anilines is 2. The Kier molecular flexibility index (Phi) is 3.83. The Labute approximate surface area is 122 Å². The number of hydrogen-bond acceptors (Lipinski definition) is 5. The smallest absolute Gasteiger partial charge is 0.258 e. The van der Waals surface area contributed by atoms with Crippen LogP contribution in [0, 0.1) is 0 Å². The molecule has 1 fully saturated rings. The van der Waals surface area contributed by atoms with Crippen LogP contribution in [0.2, 0.25) is 0 Å². The molecule has 110 valence electrons. The summed E-state index contributed by atoms with van der Waals surface area (Å²) in [5.74, 6) is 0.710. The molecule has 0 unspecified atom stereocenters. The van der Waals surface area contributed by atoms with Crippen molar-refractivity contribution in [3.8, 4) is 0 Å².